The van der Waals surface area contributed by atoms with Gasteiger partial charge in [0.15, 0.2) is 0 Å². The highest BCUT2D eigenvalue weighted by Crippen LogP contribution is 2.23. The van der Waals surface area contributed by atoms with Crippen LogP contribution < -0.4 is 5.43 Å². The van der Waals surface area contributed by atoms with Crippen molar-refractivity contribution < 1.29 is 24.6 Å². The lowest BCUT2D eigenvalue weighted by atomic mass is 10.1. The Bertz CT molecular complexity index is 1200. The van der Waals surface area contributed by atoms with Crippen LogP contribution in [0.1, 0.15) is 48.0 Å². The van der Waals surface area contributed by atoms with Crippen molar-refractivity contribution in [1.29, 1.82) is 0 Å². The second-order valence-corrected chi connectivity index (χ2v) is 7.57. The molecule has 0 spiro atoms. The number of carbonyl (C=O) groups excluding carboxylic acids is 1. The summed E-state index contributed by atoms with van der Waals surface area (Å²) in [5.74, 6) is -2.82. The molecule has 1 heterocycles. The van der Waals surface area contributed by atoms with Crippen LogP contribution in [0.5, 0.6) is 0 Å². The number of hydrogen-bond acceptors (Lipinski definition) is 4. The van der Waals surface area contributed by atoms with Crippen LogP contribution in [-0.4, -0.2) is 38.8 Å². The van der Waals surface area contributed by atoms with E-state index in [4.69, 9.17) is 0 Å². The van der Waals surface area contributed by atoms with Crippen molar-refractivity contribution in [3.63, 3.8) is 0 Å². The minimum absolute atomic E-state index is 0.127. The molecule has 0 aliphatic carbocycles. The number of carboxylic acids is 2. The number of nitrogens with zero attached hydrogens (tertiary/aromatic N) is 2. The number of carbonyl (C=O) groups is 3. The lowest BCUT2D eigenvalue weighted by Gasteiger charge is -2.12. The van der Waals surface area contributed by atoms with Gasteiger partial charge in [0.05, 0.1) is 22.9 Å². The van der Waals surface area contributed by atoms with E-state index in [-0.39, 0.29) is 17.0 Å². The molecule has 0 saturated heterocycles. The fraction of sp³-hybridized carbons (Fsp3) is 0.0909. The van der Waals surface area contributed by atoms with Gasteiger partial charge in [0.2, 0.25) is 0 Å². The maximum atomic E-state index is 12.3. The van der Waals surface area contributed by atoms with Crippen LogP contribution in [0.2, 0.25) is 0 Å². The zero-order valence-corrected chi connectivity index (χ0v) is 18.2. The first kappa shape index (κ1) is 22.0. The van der Waals surface area contributed by atoms with Crippen LogP contribution in [-0.2, 0) is 0 Å². The second-order valence-electron chi connectivity index (χ2n) is 6.72. The van der Waals surface area contributed by atoms with Gasteiger partial charge in [-0.2, -0.15) is 5.10 Å². The molecule has 0 atom stereocenters. The number of aromatic nitrogens is 1. The first-order valence-corrected chi connectivity index (χ1v) is 9.87. The molecule has 0 unspecified atom stereocenters. The third-order valence-electron chi connectivity index (χ3n) is 4.63. The Morgan fingerprint density at radius 3 is 2.19 bits per heavy atom. The Kier molecular flexibility index (Phi) is 6.36. The van der Waals surface area contributed by atoms with E-state index in [0.717, 1.165) is 11.8 Å². The molecular formula is C22H18BrN3O5. The molecule has 9 heteroatoms. The fourth-order valence-corrected chi connectivity index (χ4v) is 3.63. The predicted molar refractivity (Wildman–Crippen MR) is 118 cm³/mol. The largest absolute Gasteiger partial charge is 0.478 e. The third kappa shape index (κ3) is 4.72. The molecule has 2 aromatic carbocycles. The van der Waals surface area contributed by atoms with Crippen LogP contribution in [0, 0.1) is 13.8 Å². The van der Waals surface area contributed by atoms with E-state index in [1.54, 1.807) is 48.7 Å². The summed E-state index contributed by atoms with van der Waals surface area (Å²) in [5, 5.41) is 22.7. The molecule has 0 radical (unpaired) electrons. The van der Waals surface area contributed by atoms with E-state index in [2.05, 4.69) is 26.5 Å². The summed E-state index contributed by atoms with van der Waals surface area (Å²) in [6, 6.07) is 12.7. The minimum atomic E-state index is -1.22. The molecule has 1 aromatic heterocycles. The van der Waals surface area contributed by atoms with Crippen molar-refractivity contribution in [2.24, 2.45) is 5.10 Å². The maximum Gasteiger partial charge on any atom is 0.335 e. The molecule has 3 N–H and O–H groups in total. The lowest BCUT2D eigenvalue weighted by Crippen LogP contribution is -2.18. The van der Waals surface area contributed by atoms with Crippen molar-refractivity contribution in [3.8, 4) is 5.69 Å². The van der Waals surface area contributed by atoms with Crippen molar-refractivity contribution in [3.05, 3.63) is 86.6 Å². The smallest absolute Gasteiger partial charge is 0.335 e. The van der Waals surface area contributed by atoms with Gasteiger partial charge in [0.25, 0.3) is 5.91 Å². The van der Waals surface area contributed by atoms with Gasteiger partial charge in [-0.15, -0.1) is 0 Å². The predicted octanol–water partition coefficient (Wildman–Crippen LogP) is 4.02. The molecule has 3 rings (SSSR count). The summed E-state index contributed by atoms with van der Waals surface area (Å²) in [6.45, 7) is 3.59. The van der Waals surface area contributed by atoms with Crippen LogP contribution in [0.3, 0.4) is 0 Å². The number of aromatic carboxylic acids is 2. The molecule has 158 valence electrons. The number of benzene rings is 2. The number of carboxylic acid groups (broad SMARTS) is 2. The highest BCUT2D eigenvalue weighted by Gasteiger charge is 2.16. The first-order valence-electron chi connectivity index (χ1n) is 9.08. The molecule has 31 heavy (non-hydrogen) atoms. The number of aryl methyl sites for hydroxylation is 1. The molecule has 1 amide bonds. The molecule has 0 aliphatic heterocycles. The monoisotopic (exact) mass is 483 g/mol. The third-order valence-corrected chi connectivity index (χ3v) is 5.32. The topological polar surface area (TPSA) is 121 Å². The Balaban J connectivity index is 1.92. The molecule has 0 saturated carbocycles. The van der Waals surface area contributed by atoms with Gasteiger partial charge in [0.1, 0.15) is 0 Å². The van der Waals surface area contributed by atoms with Crippen LogP contribution in [0.15, 0.2) is 58.1 Å². The second kappa shape index (κ2) is 8.97. The van der Waals surface area contributed by atoms with E-state index in [1.165, 1.54) is 18.3 Å². The Morgan fingerprint density at radius 2 is 1.61 bits per heavy atom. The normalized spacial score (nSPS) is 10.9. The van der Waals surface area contributed by atoms with Gasteiger partial charge in [-0.3, -0.25) is 4.79 Å². The van der Waals surface area contributed by atoms with Crippen LogP contribution in [0.4, 0.5) is 0 Å². The molecule has 0 fully saturated rings. The number of halogens is 1. The fourth-order valence-electron chi connectivity index (χ4n) is 3.17. The number of nitrogens with one attached hydrogen (secondary N) is 1. The van der Waals surface area contributed by atoms with E-state index in [9.17, 15) is 24.6 Å². The average molecular weight is 484 g/mol. The Labute approximate surface area is 186 Å². The van der Waals surface area contributed by atoms with Crippen LogP contribution >= 0.6 is 15.9 Å². The quantitative estimate of drug-likeness (QED) is 0.361. The number of amides is 1. The van der Waals surface area contributed by atoms with E-state index in [0.29, 0.717) is 27.0 Å². The minimum Gasteiger partial charge on any atom is -0.478 e. The Hall–Kier alpha value is -3.72. The van der Waals surface area contributed by atoms with E-state index >= 15 is 0 Å². The summed E-state index contributed by atoms with van der Waals surface area (Å²) < 4.78 is 2.38. The molecular weight excluding hydrogens is 466 g/mol. The lowest BCUT2D eigenvalue weighted by molar-refractivity contribution is 0.0696. The summed E-state index contributed by atoms with van der Waals surface area (Å²) in [6.07, 6.45) is 1.48. The summed E-state index contributed by atoms with van der Waals surface area (Å²) in [5.41, 5.74) is 5.20. The standard InChI is InChI=1S/C22H18BrN3O5/c1-12-7-16(11-24-25-20(27)18-5-3-4-6-19(18)23)13(2)26(12)17-9-14(21(28)29)8-15(10-17)22(30)31/h3-11H,1-2H3,(H,25,27)(H,28,29)(H,30,31)/b24-11+. The van der Waals surface area contributed by atoms with Gasteiger partial charge < -0.3 is 14.8 Å². The van der Waals surface area contributed by atoms with Gasteiger partial charge in [-0.25, -0.2) is 15.0 Å². The highest BCUT2D eigenvalue weighted by atomic mass is 79.9. The SMILES string of the molecule is Cc1cc(/C=N/NC(=O)c2ccccc2Br)c(C)n1-c1cc(C(=O)O)cc(C(=O)O)c1. The summed E-state index contributed by atoms with van der Waals surface area (Å²) >= 11 is 3.32. The number of rotatable bonds is 6. The molecule has 8 nitrogen and oxygen atoms in total. The molecule has 0 aliphatic rings. The van der Waals surface area contributed by atoms with E-state index < -0.39 is 11.9 Å². The number of hydrazone groups is 1. The van der Waals surface area contributed by atoms with Crippen LogP contribution in [0.25, 0.3) is 5.69 Å². The highest BCUT2D eigenvalue weighted by molar-refractivity contribution is 9.10. The first-order chi connectivity index (χ1) is 14.7. The number of hydrogen-bond donors (Lipinski definition) is 3. The average Bonchev–Trinajstić information content (AvgIpc) is 3.01. The van der Waals surface area contributed by atoms with Crippen molar-refractivity contribution in [1.82, 2.24) is 9.99 Å². The van der Waals surface area contributed by atoms with Gasteiger partial charge in [-0.05, 0) is 66.2 Å². The molecule has 3 aromatic rings. The van der Waals surface area contributed by atoms with Gasteiger partial charge >= 0.3 is 11.9 Å². The zero-order chi connectivity index (χ0) is 22.7. The van der Waals surface area contributed by atoms with Crippen molar-refractivity contribution in [2.75, 3.05) is 0 Å². The van der Waals surface area contributed by atoms with Crippen molar-refractivity contribution in [2.45, 2.75) is 13.8 Å². The van der Waals surface area contributed by atoms with E-state index in [1.807, 2.05) is 0 Å². The summed E-state index contributed by atoms with van der Waals surface area (Å²) in [4.78, 5) is 35.1. The van der Waals surface area contributed by atoms with Gasteiger partial charge in [-0.1, -0.05) is 12.1 Å². The Morgan fingerprint density at radius 1 is 1.00 bits per heavy atom. The zero-order valence-electron chi connectivity index (χ0n) is 16.6. The molecule has 0 bridgehead atoms. The van der Waals surface area contributed by atoms with Gasteiger partial charge in [0, 0.05) is 27.1 Å². The van der Waals surface area contributed by atoms with Crippen molar-refractivity contribution >= 4 is 40.0 Å². The maximum absolute atomic E-state index is 12.3. The summed E-state index contributed by atoms with van der Waals surface area (Å²) in [7, 11) is 0.